The predicted molar refractivity (Wildman–Crippen MR) is 55.9 cm³/mol. The lowest BCUT2D eigenvalue weighted by atomic mass is 10.2. The van der Waals surface area contributed by atoms with Crippen molar-refractivity contribution in [2.75, 3.05) is 13.1 Å². The van der Waals surface area contributed by atoms with Crippen molar-refractivity contribution in [3.63, 3.8) is 0 Å². The largest absolute Gasteiger partial charge is 0.372 e. The topological polar surface area (TPSA) is 156 Å². The average Bonchev–Trinajstić information content (AvgIpc) is 2.29. The molecular formula is C8H12N6O4+2. The molecule has 0 aromatic carbocycles. The van der Waals surface area contributed by atoms with Crippen LogP contribution in [0.1, 0.15) is 12.8 Å². The van der Waals surface area contributed by atoms with Gasteiger partial charge in [0.05, 0.1) is 33.7 Å². The van der Waals surface area contributed by atoms with Gasteiger partial charge in [-0.25, -0.2) is 10.1 Å². The summed E-state index contributed by atoms with van der Waals surface area (Å²) in [5.41, 5.74) is 12.8. The van der Waals surface area contributed by atoms with Gasteiger partial charge in [0, 0.05) is 12.8 Å². The highest BCUT2D eigenvalue weighted by Gasteiger charge is 2.18. The van der Waals surface area contributed by atoms with Crippen LogP contribution in [0, 0.1) is 21.2 Å². The van der Waals surface area contributed by atoms with E-state index in [0.29, 0.717) is 5.01 Å². The van der Waals surface area contributed by atoms with Crippen LogP contribution in [0.2, 0.25) is 0 Å². The van der Waals surface area contributed by atoms with E-state index in [0.717, 1.165) is 12.4 Å². The molecule has 0 heterocycles. The Morgan fingerprint density at radius 3 is 1.78 bits per heavy atom. The monoisotopic (exact) mass is 256 g/mol. The van der Waals surface area contributed by atoms with E-state index in [2.05, 4.69) is 9.58 Å². The first kappa shape index (κ1) is 15.3. The van der Waals surface area contributed by atoms with Gasteiger partial charge in [-0.2, -0.15) is 0 Å². The molecule has 18 heavy (non-hydrogen) atoms. The van der Waals surface area contributed by atoms with Gasteiger partial charge in [-0.15, -0.1) is 5.01 Å². The van der Waals surface area contributed by atoms with Crippen molar-refractivity contribution in [3.8, 4) is 0 Å². The van der Waals surface area contributed by atoms with Crippen LogP contribution in [-0.2, 0) is 9.59 Å². The summed E-state index contributed by atoms with van der Waals surface area (Å²) in [5.74, 6) is -1.01. The van der Waals surface area contributed by atoms with Gasteiger partial charge in [-0.3, -0.25) is 9.59 Å². The third kappa shape index (κ3) is 6.72. The molecule has 0 aliphatic rings. The molecular weight excluding hydrogens is 244 g/mol. The lowest BCUT2D eigenvalue weighted by Crippen LogP contribution is -2.34. The number of rotatable bonds is 9. The maximum absolute atomic E-state index is 11.0. The SMILES string of the molecule is N=[N+]=CC(=O)CCN(CCC(=O)C=[N+]=N)[N+](=O)[O-]. The van der Waals surface area contributed by atoms with E-state index >= 15 is 0 Å². The number of hydrogen-bond acceptors (Lipinski definition) is 6. The minimum absolute atomic E-state index is 0.163. The van der Waals surface area contributed by atoms with Gasteiger partial charge in [0.15, 0.2) is 5.03 Å². The number of nitrogens with one attached hydrogen (secondary N) is 2. The van der Waals surface area contributed by atoms with Crippen molar-refractivity contribution in [2.45, 2.75) is 12.8 Å². The highest BCUT2D eigenvalue weighted by molar-refractivity contribution is 6.25. The van der Waals surface area contributed by atoms with E-state index in [9.17, 15) is 19.7 Å². The Balaban J connectivity index is 4.27. The first-order chi connectivity index (χ1) is 8.51. The molecule has 10 nitrogen and oxygen atoms in total. The Hall–Kier alpha value is -2.70. The van der Waals surface area contributed by atoms with Crippen molar-refractivity contribution in [1.29, 1.82) is 11.1 Å². The fourth-order valence-electron chi connectivity index (χ4n) is 1.03. The van der Waals surface area contributed by atoms with Crippen molar-refractivity contribution in [3.05, 3.63) is 10.1 Å². The minimum atomic E-state index is -0.712. The normalized spacial score (nSPS) is 8.67. The summed E-state index contributed by atoms with van der Waals surface area (Å²) in [6.07, 6.45) is 1.19. The molecule has 0 bridgehead atoms. The molecule has 0 aliphatic heterocycles. The quantitative estimate of drug-likeness (QED) is 0.178. The van der Waals surface area contributed by atoms with Gasteiger partial charge in [0.25, 0.3) is 0 Å². The van der Waals surface area contributed by atoms with Crippen LogP contribution in [0.25, 0.3) is 0 Å². The van der Waals surface area contributed by atoms with E-state index in [1.54, 1.807) is 0 Å². The fourth-order valence-corrected chi connectivity index (χ4v) is 1.03. The summed E-state index contributed by atoms with van der Waals surface area (Å²) in [7, 11) is 0. The van der Waals surface area contributed by atoms with E-state index in [-0.39, 0.29) is 25.9 Å². The molecule has 0 spiro atoms. The zero-order valence-corrected chi connectivity index (χ0v) is 9.40. The lowest BCUT2D eigenvalue weighted by Gasteiger charge is -2.11. The van der Waals surface area contributed by atoms with Gasteiger partial charge in [-0.05, 0) is 0 Å². The smallest absolute Gasteiger partial charge is 0.287 e. The summed E-state index contributed by atoms with van der Waals surface area (Å²) in [6, 6.07) is 0. The number of ketones is 2. The van der Waals surface area contributed by atoms with Crippen molar-refractivity contribution < 1.29 is 24.2 Å². The van der Waals surface area contributed by atoms with E-state index < -0.39 is 16.6 Å². The molecule has 2 N–H and O–H groups in total. The second-order valence-corrected chi connectivity index (χ2v) is 3.14. The highest BCUT2D eigenvalue weighted by Crippen LogP contribution is 1.95. The molecule has 0 saturated heterocycles. The van der Waals surface area contributed by atoms with Gasteiger partial charge in [0.1, 0.15) is 0 Å². The van der Waals surface area contributed by atoms with Gasteiger partial charge >= 0.3 is 12.4 Å². The Kier molecular flexibility index (Phi) is 7.18. The zero-order valence-electron chi connectivity index (χ0n) is 9.40. The maximum atomic E-state index is 11.0. The van der Waals surface area contributed by atoms with Crippen LogP contribution in [0.15, 0.2) is 0 Å². The van der Waals surface area contributed by atoms with Gasteiger partial charge < -0.3 is 0 Å². The first-order valence-electron chi connectivity index (χ1n) is 4.85. The third-order valence-corrected chi connectivity index (χ3v) is 1.88. The van der Waals surface area contributed by atoms with Gasteiger partial charge in [0.2, 0.25) is 11.6 Å². The van der Waals surface area contributed by atoms with E-state index in [1.165, 1.54) is 0 Å². The molecule has 0 saturated carbocycles. The van der Waals surface area contributed by atoms with Crippen molar-refractivity contribution >= 4 is 24.0 Å². The summed E-state index contributed by atoms with van der Waals surface area (Å²) in [4.78, 5) is 38.1. The van der Waals surface area contributed by atoms with Crippen LogP contribution in [0.5, 0.6) is 0 Å². The number of hydrogen-bond donors (Lipinski definition) is 2. The molecule has 0 unspecified atom stereocenters. The Morgan fingerprint density at radius 2 is 1.50 bits per heavy atom. The minimum Gasteiger partial charge on any atom is -0.287 e. The summed E-state index contributed by atoms with van der Waals surface area (Å²) >= 11 is 0. The van der Waals surface area contributed by atoms with Crippen LogP contribution in [0.3, 0.4) is 0 Å². The van der Waals surface area contributed by atoms with Crippen LogP contribution < -0.4 is 0 Å². The number of carbonyl (C=O) groups excluding carboxylic acids is 2. The second-order valence-electron chi connectivity index (χ2n) is 3.14. The molecule has 0 atom stereocenters. The Labute approximate surface area is 101 Å². The molecule has 0 aromatic heterocycles. The second kappa shape index (κ2) is 8.45. The lowest BCUT2D eigenvalue weighted by molar-refractivity contribution is -0.655. The highest BCUT2D eigenvalue weighted by atomic mass is 16.7. The van der Waals surface area contributed by atoms with E-state index in [1.807, 2.05) is 0 Å². The zero-order chi connectivity index (χ0) is 14.0. The Morgan fingerprint density at radius 1 is 1.11 bits per heavy atom. The van der Waals surface area contributed by atoms with Crippen LogP contribution in [-0.4, -0.2) is 56.7 Å². The molecule has 0 rings (SSSR count). The molecule has 96 valence electrons. The number of hydrazine groups is 1. The number of nitro groups is 1. The predicted octanol–water partition coefficient (Wildman–Crippen LogP) is -0.982. The number of carbonyl (C=O) groups is 2. The third-order valence-electron chi connectivity index (χ3n) is 1.88. The average molecular weight is 256 g/mol. The van der Waals surface area contributed by atoms with E-state index in [4.69, 9.17) is 11.1 Å². The summed E-state index contributed by atoms with van der Waals surface area (Å²) < 4.78 is 0. The van der Waals surface area contributed by atoms with Crippen LogP contribution >= 0.6 is 0 Å². The molecule has 0 radical (unpaired) electrons. The number of nitrogens with zero attached hydrogens (tertiary/aromatic N) is 4. The maximum Gasteiger partial charge on any atom is 0.372 e. The fraction of sp³-hybridized carbons (Fsp3) is 0.500. The molecule has 0 aromatic rings. The summed E-state index contributed by atoms with van der Waals surface area (Å²) in [5, 5.41) is 10.6. The van der Waals surface area contributed by atoms with Crippen LogP contribution in [0.4, 0.5) is 0 Å². The first-order valence-corrected chi connectivity index (χ1v) is 4.85. The van der Waals surface area contributed by atoms with Crippen molar-refractivity contribution in [1.82, 2.24) is 5.01 Å². The standard InChI is InChI=1S/C8H12N6O4/c9-11-5-7(15)1-3-13(14(17)18)4-2-8(16)6-12-10/h5-6,9-10H,1-4H2/q+2. The molecule has 0 aliphatic carbocycles. The number of Topliss-reactive ketones (excluding diaryl/α,β-unsaturated/α-hetero) is 2. The van der Waals surface area contributed by atoms with Gasteiger partial charge in [-0.1, -0.05) is 0 Å². The Bertz CT molecular complexity index is 401. The molecule has 0 amide bonds. The molecule has 10 heteroatoms. The molecule has 0 fully saturated rings. The van der Waals surface area contributed by atoms with Crippen molar-refractivity contribution in [2.24, 2.45) is 0 Å². The summed E-state index contributed by atoms with van der Waals surface area (Å²) in [6.45, 7) is -0.355.